The van der Waals surface area contributed by atoms with Crippen molar-refractivity contribution in [3.8, 4) is 0 Å². The van der Waals surface area contributed by atoms with Crippen molar-refractivity contribution in [2.45, 2.75) is 32.6 Å². The molecule has 1 fully saturated rings. The van der Waals surface area contributed by atoms with Crippen LogP contribution in [0.4, 0.5) is 11.4 Å². The molecule has 1 aromatic heterocycles. The maximum atomic E-state index is 4.20. The lowest BCUT2D eigenvalue weighted by atomic mass is 9.67. The van der Waals surface area contributed by atoms with Crippen LogP contribution >= 0.6 is 0 Å². The van der Waals surface area contributed by atoms with Crippen molar-refractivity contribution >= 4 is 11.4 Å². The van der Waals surface area contributed by atoms with Gasteiger partial charge in [-0.15, -0.1) is 0 Å². The zero-order valence-electron chi connectivity index (χ0n) is 10.2. The van der Waals surface area contributed by atoms with Gasteiger partial charge in [-0.1, -0.05) is 13.3 Å². The Labute approximate surface area is 97.7 Å². The fourth-order valence-electron chi connectivity index (χ4n) is 2.29. The lowest BCUT2D eigenvalue weighted by molar-refractivity contribution is 0.145. The number of aromatic nitrogens is 1. The summed E-state index contributed by atoms with van der Waals surface area (Å²) in [6.45, 7) is 3.38. The third-order valence-corrected chi connectivity index (χ3v) is 3.86. The standard InChI is InChI=1S/C13H21N3/c1-3-13(5-4-6-13)10-16-12-7-11(14-2)8-15-9-12/h7-9,14,16H,3-6,10H2,1-2H3. The molecule has 0 aliphatic heterocycles. The molecule has 1 aromatic rings. The van der Waals surface area contributed by atoms with Gasteiger partial charge in [-0.3, -0.25) is 4.98 Å². The lowest BCUT2D eigenvalue weighted by Crippen LogP contribution is -2.35. The van der Waals surface area contributed by atoms with E-state index in [1.54, 1.807) is 0 Å². The second kappa shape index (κ2) is 4.73. The molecule has 0 aromatic carbocycles. The van der Waals surface area contributed by atoms with Gasteiger partial charge in [0.15, 0.2) is 0 Å². The fraction of sp³-hybridized carbons (Fsp3) is 0.615. The molecule has 88 valence electrons. The number of anilines is 2. The van der Waals surface area contributed by atoms with Crippen molar-refractivity contribution in [1.29, 1.82) is 0 Å². The quantitative estimate of drug-likeness (QED) is 0.799. The van der Waals surface area contributed by atoms with Gasteiger partial charge in [-0.25, -0.2) is 0 Å². The highest BCUT2D eigenvalue weighted by molar-refractivity contribution is 5.53. The molecule has 1 saturated carbocycles. The molecular formula is C13H21N3. The van der Waals surface area contributed by atoms with Crippen LogP contribution in [0.1, 0.15) is 32.6 Å². The molecule has 0 spiro atoms. The Kier molecular flexibility index (Phi) is 3.32. The molecular weight excluding hydrogens is 198 g/mol. The number of nitrogens with one attached hydrogen (secondary N) is 2. The summed E-state index contributed by atoms with van der Waals surface area (Å²) in [5, 5.41) is 6.61. The van der Waals surface area contributed by atoms with E-state index in [1.165, 1.54) is 25.7 Å². The van der Waals surface area contributed by atoms with E-state index in [0.29, 0.717) is 5.41 Å². The maximum absolute atomic E-state index is 4.20. The highest BCUT2D eigenvalue weighted by atomic mass is 14.9. The van der Waals surface area contributed by atoms with Crippen molar-refractivity contribution in [3.63, 3.8) is 0 Å². The summed E-state index contributed by atoms with van der Waals surface area (Å²) in [7, 11) is 1.92. The van der Waals surface area contributed by atoms with Crippen LogP contribution in [0, 0.1) is 5.41 Å². The number of rotatable bonds is 5. The van der Waals surface area contributed by atoms with Gasteiger partial charge in [0.1, 0.15) is 0 Å². The number of nitrogens with zero attached hydrogens (tertiary/aromatic N) is 1. The zero-order valence-corrected chi connectivity index (χ0v) is 10.2. The molecule has 0 bridgehead atoms. The van der Waals surface area contributed by atoms with E-state index >= 15 is 0 Å². The van der Waals surface area contributed by atoms with Crippen molar-refractivity contribution in [2.75, 3.05) is 24.2 Å². The molecule has 16 heavy (non-hydrogen) atoms. The Morgan fingerprint density at radius 2 is 2.06 bits per heavy atom. The van der Waals surface area contributed by atoms with Gasteiger partial charge >= 0.3 is 0 Å². The molecule has 2 rings (SSSR count). The summed E-state index contributed by atoms with van der Waals surface area (Å²) >= 11 is 0. The Hall–Kier alpha value is -1.25. The van der Waals surface area contributed by atoms with Crippen LogP contribution in [0.5, 0.6) is 0 Å². The first-order chi connectivity index (χ1) is 7.78. The predicted octanol–water partition coefficient (Wildman–Crippen LogP) is 3.12. The van der Waals surface area contributed by atoms with Gasteiger partial charge in [0.05, 0.1) is 23.8 Å². The minimum absolute atomic E-state index is 0.551. The molecule has 0 atom stereocenters. The molecule has 3 heteroatoms. The van der Waals surface area contributed by atoms with Gasteiger partial charge in [0.25, 0.3) is 0 Å². The first-order valence-electron chi connectivity index (χ1n) is 6.15. The van der Waals surface area contributed by atoms with E-state index in [0.717, 1.165) is 17.9 Å². The first kappa shape index (κ1) is 11.2. The highest BCUT2D eigenvalue weighted by Crippen LogP contribution is 2.43. The van der Waals surface area contributed by atoms with Crippen LogP contribution in [-0.4, -0.2) is 18.6 Å². The molecule has 3 nitrogen and oxygen atoms in total. The van der Waals surface area contributed by atoms with Crippen LogP contribution in [0.2, 0.25) is 0 Å². The maximum Gasteiger partial charge on any atom is 0.0547 e. The predicted molar refractivity (Wildman–Crippen MR) is 68.8 cm³/mol. The van der Waals surface area contributed by atoms with Gasteiger partial charge in [0.2, 0.25) is 0 Å². The molecule has 1 aliphatic rings. The van der Waals surface area contributed by atoms with Gasteiger partial charge in [0, 0.05) is 13.6 Å². The SMILES string of the molecule is CCC1(CNc2cncc(NC)c2)CCC1. The summed E-state index contributed by atoms with van der Waals surface area (Å²) < 4.78 is 0. The summed E-state index contributed by atoms with van der Waals surface area (Å²) in [4.78, 5) is 4.20. The Morgan fingerprint density at radius 1 is 1.31 bits per heavy atom. The van der Waals surface area contributed by atoms with Crippen molar-refractivity contribution in [3.05, 3.63) is 18.5 Å². The normalized spacial score (nSPS) is 17.6. The second-order valence-electron chi connectivity index (χ2n) is 4.77. The average molecular weight is 219 g/mol. The lowest BCUT2D eigenvalue weighted by Gasteiger charge is -2.41. The monoisotopic (exact) mass is 219 g/mol. The third-order valence-electron chi connectivity index (χ3n) is 3.86. The summed E-state index contributed by atoms with van der Waals surface area (Å²) in [6.07, 6.45) is 9.14. The number of hydrogen-bond acceptors (Lipinski definition) is 3. The summed E-state index contributed by atoms with van der Waals surface area (Å²) in [6, 6.07) is 2.11. The zero-order chi connectivity index (χ0) is 11.4. The average Bonchev–Trinajstić information content (AvgIpc) is 2.29. The molecule has 1 aliphatic carbocycles. The van der Waals surface area contributed by atoms with Crippen LogP contribution in [0.15, 0.2) is 18.5 Å². The van der Waals surface area contributed by atoms with Crippen molar-refractivity contribution < 1.29 is 0 Å². The van der Waals surface area contributed by atoms with E-state index in [2.05, 4.69) is 28.6 Å². The van der Waals surface area contributed by atoms with E-state index in [-0.39, 0.29) is 0 Å². The van der Waals surface area contributed by atoms with Gasteiger partial charge in [-0.2, -0.15) is 0 Å². The van der Waals surface area contributed by atoms with E-state index < -0.39 is 0 Å². The van der Waals surface area contributed by atoms with Gasteiger partial charge in [-0.05, 0) is 30.7 Å². The first-order valence-corrected chi connectivity index (χ1v) is 6.15. The third kappa shape index (κ3) is 2.29. The van der Waals surface area contributed by atoms with Crippen molar-refractivity contribution in [2.24, 2.45) is 5.41 Å². The Bertz CT molecular complexity index is 339. The molecule has 0 saturated heterocycles. The van der Waals surface area contributed by atoms with E-state index in [1.807, 2.05) is 19.4 Å². The molecule has 2 N–H and O–H groups in total. The molecule has 1 heterocycles. The van der Waals surface area contributed by atoms with Crippen LogP contribution in [0.3, 0.4) is 0 Å². The highest BCUT2D eigenvalue weighted by Gasteiger charge is 2.34. The largest absolute Gasteiger partial charge is 0.387 e. The number of hydrogen-bond donors (Lipinski definition) is 2. The van der Waals surface area contributed by atoms with Crippen LogP contribution in [-0.2, 0) is 0 Å². The molecule has 0 unspecified atom stereocenters. The minimum atomic E-state index is 0.551. The number of pyridine rings is 1. The fourth-order valence-corrected chi connectivity index (χ4v) is 2.29. The van der Waals surface area contributed by atoms with Crippen LogP contribution in [0.25, 0.3) is 0 Å². The summed E-state index contributed by atoms with van der Waals surface area (Å²) in [5.41, 5.74) is 2.73. The smallest absolute Gasteiger partial charge is 0.0547 e. The minimum Gasteiger partial charge on any atom is -0.387 e. The Morgan fingerprint density at radius 3 is 2.62 bits per heavy atom. The van der Waals surface area contributed by atoms with E-state index in [9.17, 15) is 0 Å². The van der Waals surface area contributed by atoms with Crippen LogP contribution < -0.4 is 10.6 Å². The van der Waals surface area contributed by atoms with E-state index in [4.69, 9.17) is 0 Å². The van der Waals surface area contributed by atoms with Crippen molar-refractivity contribution in [1.82, 2.24) is 4.98 Å². The summed E-state index contributed by atoms with van der Waals surface area (Å²) in [5.74, 6) is 0. The molecule has 0 amide bonds. The topological polar surface area (TPSA) is 37.0 Å². The molecule has 0 radical (unpaired) electrons. The second-order valence-corrected chi connectivity index (χ2v) is 4.77. The Balaban J connectivity index is 1.93. The van der Waals surface area contributed by atoms with Gasteiger partial charge < -0.3 is 10.6 Å².